The maximum absolute atomic E-state index is 12.8. The summed E-state index contributed by atoms with van der Waals surface area (Å²) >= 11 is 0. The third-order valence-electron chi connectivity index (χ3n) is 4.57. The average Bonchev–Trinajstić information content (AvgIpc) is 2.70. The Labute approximate surface area is 143 Å². The van der Waals surface area contributed by atoms with Gasteiger partial charge < -0.3 is 5.32 Å². The number of carbonyl (C=O) groups excluding carboxylic acids is 3. The van der Waals surface area contributed by atoms with Crippen molar-refractivity contribution in [1.82, 2.24) is 10.2 Å². The van der Waals surface area contributed by atoms with E-state index in [1.54, 1.807) is 27.7 Å². The summed E-state index contributed by atoms with van der Waals surface area (Å²) in [6.07, 6.45) is 0. The molecule has 1 fully saturated rings. The molecule has 0 bridgehead atoms. The van der Waals surface area contributed by atoms with Crippen LogP contribution in [0.4, 0.5) is 4.79 Å². The molecule has 1 aliphatic heterocycles. The fraction of sp³-hybridized carbons (Fsp3) is 0.526. The molecule has 130 valence electrons. The van der Waals surface area contributed by atoms with Crippen LogP contribution in [0.25, 0.3) is 0 Å². The van der Waals surface area contributed by atoms with Gasteiger partial charge >= 0.3 is 6.03 Å². The largest absolute Gasteiger partial charge is 0.325 e. The number of nitrogens with zero attached hydrogens (tertiary/aromatic N) is 1. The number of rotatable bonds is 4. The average molecular weight is 330 g/mol. The van der Waals surface area contributed by atoms with Crippen LogP contribution in [0, 0.1) is 5.41 Å². The van der Waals surface area contributed by atoms with Crippen LogP contribution in [0.2, 0.25) is 0 Å². The van der Waals surface area contributed by atoms with Crippen molar-refractivity contribution in [2.45, 2.75) is 53.0 Å². The van der Waals surface area contributed by atoms with Crippen LogP contribution < -0.4 is 5.32 Å². The highest BCUT2D eigenvalue weighted by Crippen LogP contribution is 2.30. The lowest BCUT2D eigenvalue weighted by Gasteiger charge is -2.24. The van der Waals surface area contributed by atoms with E-state index in [2.05, 4.69) is 19.2 Å². The van der Waals surface area contributed by atoms with Crippen molar-refractivity contribution in [1.29, 1.82) is 0 Å². The molecule has 1 heterocycles. The molecule has 0 aliphatic carbocycles. The molecule has 3 amide bonds. The first-order valence-electron chi connectivity index (χ1n) is 8.24. The van der Waals surface area contributed by atoms with Crippen molar-refractivity contribution in [3.8, 4) is 0 Å². The number of ketones is 1. The zero-order chi connectivity index (χ0) is 18.3. The molecule has 0 spiro atoms. The van der Waals surface area contributed by atoms with Gasteiger partial charge in [-0.3, -0.25) is 14.5 Å². The molecule has 1 aromatic rings. The molecule has 0 aromatic heterocycles. The molecule has 24 heavy (non-hydrogen) atoms. The number of imide groups is 1. The lowest BCUT2D eigenvalue weighted by Crippen LogP contribution is -2.42. The molecular formula is C19H26N2O3. The molecule has 1 N–H and O–H groups in total. The molecule has 0 saturated carbocycles. The van der Waals surface area contributed by atoms with E-state index in [4.69, 9.17) is 0 Å². The second kappa shape index (κ2) is 6.04. The molecule has 5 heteroatoms. The normalized spacial score (nSPS) is 21.4. The minimum absolute atomic E-state index is 0.148. The zero-order valence-corrected chi connectivity index (χ0v) is 15.3. The molecule has 1 saturated heterocycles. The summed E-state index contributed by atoms with van der Waals surface area (Å²) in [6, 6.07) is 7.14. The van der Waals surface area contributed by atoms with Crippen LogP contribution in [0.5, 0.6) is 0 Å². The van der Waals surface area contributed by atoms with Gasteiger partial charge in [-0.25, -0.2) is 4.79 Å². The van der Waals surface area contributed by atoms with E-state index >= 15 is 0 Å². The van der Waals surface area contributed by atoms with Crippen molar-refractivity contribution in [3.63, 3.8) is 0 Å². The summed E-state index contributed by atoms with van der Waals surface area (Å²) in [7, 11) is 0. The van der Waals surface area contributed by atoms with Gasteiger partial charge in [-0.2, -0.15) is 0 Å². The summed E-state index contributed by atoms with van der Waals surface area (Å²) in [5.41, 5.74) is 0.151. The number of carbonyl (C=O) groups is 3. The Kier molecular flexibility index (Phi) is 4.57. The van der Waals surface area contributed by atoms with E-state index in [1.807, 2.05) is 24.3 Å². The van der Waals surface area contributed by atoms with E-state index < -0.39 is 17.0 Å². The fourth-order valence-electron chi connectivity index (χ4n) is 2.62. The number of nitrogens with one attached hydrogen (secondary N) is 1. The highest BCUT2D eigenvalue weighted by Gasteiger charge is 2.49. The SMILES string of the molecule is CC(C)c1ccc([C@]2(C)NC(=O)N(CC(=O)C(C)(C)C)C2=O)cc1. The standard InChI is InChI=1S/C19H26N2O3/c1-12(2)13-7-9-14(10-8-13)19(6)16(23)21(17(24)20-19)11-15(22)18(3,4)5/h7-10,12H,11H2,1-6H3,(H,20,24)/t19-/m0/s1. The summed E-state index contributed by atoms with van der Waals surface area (Å²) in [5.74, 6) is -0.144. The highest BCUT2D eigenvalue weighted by molar-refractivity contribution is 6.09. The quantitative estimate of drug-likeness (QED) is 0.862. The molecule has 2 rings (SSSR count). The number of hydrogen-bond donors (Lipinski definition) is 1. The van der Waals surface area contributed by atoms with Gasteiger partial charge in [0.2, 0.25) is 0 Å². The van der Waals surface area contributed by atoms with Crippen LogP contribution >= 0.6 is 0 Å². The van der Waals surface area contributed by atoms with Gasteiger partial charge in [0.15, 0.2) is 5.78 Å². The maximum atomic E-state index is 12.8. The molecule has 0 radical (unpaired) electrons. The molecule has 5 nitrogen and oxygen atoms in total. The summed E-state index contributed by atoms with van der Waals surface area (Å²) in [5, 5.41) is 2.74. The monoisotopic (exact) mass is 330 g/mol. The minimum Gasteiger partial charge on any atom is -0.319 e. The van der Waals surface area contributed by atoms with Crippen molar-refractivity contribution in [2.75, 3.05) is 6.54 Å². The van der Waals surface area contributed by atoms with Gasteiger partial charge in [0.1, 0.15) is 5.54 Å². The van der Waals surface area contributed by atoms with E-state index in [0.717, 1.165) is 10.5 Å². The fourth-order valence-corrected chi connectivity index (χ4v) is 2.62. The first kappa shape index (κ1) is 18.2. The summed E-state index contributed by atoms with van der Waals surface area (Å²) in [6.45, 7) is 11.0. The Morgan fingerprint density at radius 3 is 2.17 bits per heavy atom. The smallest absolute Gasteiger partial charge is 0.319 e. The third-order valence-corrected chi connectivity index (χ3v) is 4.57. The first-order chi connectivity index (χ1) is 11.0. The van der Waals surface area contributed by atoms with E-state index in [0.29, 0.717) is 5.92 Å². The van der Waals surface area contributed by atoms with Crippen LogP contribution in [0.3, 0.4) is 0 Å². The number of hydrogen-bond acceptors (Lipinski definition) is 3. The maximum Gasteiger partial charge on any atom is 0.325 e. The second-order valence-corrected chi connectivity index (χ2v) is 7.90. The van der Waals surface area contributed by atoms with E-state index in [9.17, 15) is 14.4 Å². The van der Waals surface area contributed by atoms with Crippen LogP contribution in [-0.2, 0) is 15.1 Å². The van der Waals surface area contributed by atoms with Gasteiger partial charge in [-0.1, -0.05) is 58.9 Å². The predicted octanol–water partition coefficient (Wildman–Crippen LogP) is 3.19. The summed E-state index contributed by atoms with van der Waals surface area (Å²) in [4.78, 5) is 38.3. The lowest BCUT2D eigenvalue weighted by molar-refractivity contribution is -0.136. The minimum atomic E-state index is -1.13. The Morgan fingerprint density at radius 1 is 1.17 bits per heavy atom. The van der Waals surface area contributed by atoms with Crippen LogP contribution in [0.15, 0.2) is 24.3 Å². The van der Waals surface area contributed by atoms with Gasteiger partial charge in [0.25, 0.3) is 5.91 Å². The topological polar surface area (TPSA) is 66.5 Å². The Hall–Kier alpha value is -2.17. The number of urea groups is 1. The Balaban J connectivity index is 2.27. The second-order valence-electron chi connectivity index (χ2n) is 7.90. The van der Waals surface area contributed by atoms with Crippen molar-refractivity contribution < 1.29 is 14.4 Å². The van der Waals surface area contributed by atoms with Crippen LogP contribution in [-0.4, -0.2) is 29.2 Å². The van der Waals surface area contributed by atoms with Gasteiger partial charge in [0.05, 0.1) is 6.54 Å². The molecule has 1 aromatic carbocycles. The highest BCUT2D eigenvalue weighted by atomic mass is 16.2. The number of amides is 3. The van der Waals surface area contributed by atoms with Crippen LogP contribution in [0.1, 0.15) is 58.6 Å². The molecule has 1 aliphatic rings. The molecule has 1 atom stereocenters. The third kappa shape index (κ3) is 3.21. The van der Waals surface area contributed by atoms with Gasteiger partial charge in [0, 0.05) is 5.41 Å². The van der Waals surface area contributed by atoms with Gasteiger partial charge in [-0.05, 0) is 24.0 Å². The summed E-state index contributed by atoms with van der Waals surface area (Å²) < 4.78 is 0. The first-order valence-corrected chi connectivity index (χ1v) is 8.24. The lowest BCUT2D eigenvalue weighted by atomic mass is 9.89. The zero-order valence-electron chi connectivity index (χ0n) is 15.3. The van der Waals surface area contributed by atoms with Gasteiger partial charge in [-0.15, -0.1) is 0 Å². The van der Waals surface area contributed by atoms with Crippen molar-refractivity contribution in [2.24, 2.45) is 5.41 Å². The Morgan fingerprint density at radius 2 is 1.71 bits per heavy atom. The Bertz CT molecular complexity index is 671. The molecular weight excluding hydrogens is 304 g/mol. The van der Waals surface area contributed by atoms with Crippen molar-refractivity contribution >= 4 is 17.7 Å². The number of benzene rings is 1. The van der Waals surface area contributed by atoms with E-state index in [-0.39, 0.29) is 18.2 Å². The van der Waals surface area contributed by atoms with Crippen molar-refractivity contribution in [3.05, 3.63) is 35.4 Å². The number of Topliss-reactive ketones (excluding diaryl/α,β-unsaturated/α-hetero) is 1. The molecule has 0 unspecified atom stereocenters. The predicted molar refractivity (Wildman–Crippen MR) is 92.6 cm³/mol. The van der Waals surface area contributed by atoms with E-state index in [1.165, 1.54) is 5.56 Å².